The number of benzene rings is 1. The molecular formula is C13H16O4S. The van der Waals surface area contributed by atoms with Crippen molar-refractivity contribution in [3.8, 4) is 0 Å². The van der Waals surface area contributed by atoms with E-state index in [0.717, 1.165) is 10.5 Å². The average Bonchev–Trinajstić information content (AvgIpc) is 2.35. The maximum Gasteiger partial charge on any atom is 0.336 e. The normalized spacial score (nSPS) is 10.1. The number of rotatable bonds is 6. The standard InChI is InChI=1S/C13H16O4S/c1-9-5-3-6-10(13(15)16)12(9)18-8-4-7-11(14)17-2/h3,5-6H,4,7-8H2,1-2H3,(H,15,16). The first-order valence-corrected chi connectivity index (χ1v) is 6.57. The summed E-state index contributed by atoms with van der Waals surface area (Å²) < 4.78 is 4.55. The topological polar surface area (TPSA) is 63.6 Å². The number of aromatic carboxylic acids is 1. The molecule has 0 atom stereocenters. The predicted octanol–water partition coefficient (Wildman–Crippen LogP) is 2.74. The van der Waals surface area contributed by atoms with Gasteiger partial charge < -0.3 is 9.84 Å². The highest BCUT2D eigenvalue weighted by Gasteiger charge is 2.12. The van der Waals surface area contributed by atoms with Crippen molar-refractivity contribution in [3.05, 3.63) is 29.3 Å². The molecule has 98 valence electrons. The van der Waals surface area contributed by atoms with E-state index in [1.807, 2.05) is 13.0 Å². The van der Waals surface area contributed by atoms with Crippen molar-refractivity contribution in [1.82, 2.24) is 0 Å². The average molecular weight is 268 g/mol. The molecule has 0 unspecified atom stereocenters. The van der Waals surface area contributed by atoms with Crippen LogP contribution in [0.1, 0.15) is 28.8 Å². The third-order valence-electron chi connectivity index (χ3n) is 2.44. The number of thioether (sulfide) groups is 1. The van der Waals surface area contributed by atoms with Crippen LogP contribution in [0.2, 0.25) is 0 Å². The highest BCUT2D eigenvalue weighted by Crippen LogP contribution is 2.27. The number of ether oxygens (including phenoxy) is 1. The smallest absolute Gasteiger partial charge is 0.336 e. The lowest BCUT2D eigenvalue weighted by Gasteiger charge is -2.08. The molecule has 1 rings (SSSR count). The zero-order valence-electron chi connectivity index (χ0n) is 10.4. The van der Waals surface area contributed by atoms with Crippen LogP contribution in [-0.2, 0) is 9.53 Å². The van der Waals surface area contributed by atoms with Crippen molar-refractivity contribution < 1.29 is 19.4 Å². The molecule has 0 fully saturated rings. The highest BCUT2D eigenvalue weighted by atomic mass is 32.2. The lowest BCUT2D eigenvalue weighted by atomic mass is 10.1. The zero-order chi connectivity index (χ0) is 13.5. The Bertz CT molecular complexity index is 443. The van der Waals surface area contributed by atoms with Gasteiger partial charge in [0.25, 0.3) is 0 Å². The first-order valence-electron chi connectivity index (χ1n) is 5.58. The Morgan fingerprint density at radius 3 is 2.72 bits per heavy atom. The number of carbonyl (C=O) groups is 2. The van der Waals surface area contributed by atoms with Crippen molar-refractivity contribution in [2.45, 2.75) is 24.7 Å². The molecule has 18 heavy (non-hydrogen) atoms. The van der Waals surface area contributed by atoms with Gasteiger partial charge in [-0.15, -0.1) is 11.8 Å². The molecule has 0 aliphatic heterocycles. The van der Waals surface area contributed by atoms with E-state index in [0.29, 0.717) is 24.2 Å². The number of aryl methyl sites for hydroxylation is 1. The number of carboxylic acid groups (broad SMARTS) is 1. The fourth-order valence-electron chi connectivity index (χ4n) is 1.51. The van der Waals surface area contributed by atoms with Crippen LogP contribution in [0.15, 0.2) is 23.1 Å². The van der Waals surface area contributed by atoms with Gasteiger partial charge in [0, 0.05) is 11.3 Å². The molecule has 0 aromatic heterocycles. The quantitative estimate of drug-likeness (QED) is 0.488. The van der Waals surface area contributed by atoms with Crippen molar-refractivity contribution >= 4 is 23.7 Å². The van der Waals surface area contributed by atoms with Crippen molar-refractivity contribution in [3.63, 3.8) is 0 Å². The Balaban J connectivity index is 2.61. The second-order valence-corrected chi connectivity index (χ2v) is 4.89. The number of methoxy groups -OCH3 is 1. The van der Waals surface area contributed by atoms with Crippen LogP contribution in [0.4, 0.5) is 0 Å². The fourth-order valence-corrected chi connectivity index (χ4v) is 2.60. The molecule has 1 N–H and O–H groups in total. The molecule has 5 heteroatoms. The van der Waals surface area contributed by atoms with E-state index >= 15 is 0 Å². The monoisotopic (exact) mass is 268 g/mol. The number of carbonyl (C=O) groups excluding carboxylic acids is 1. The molecular weight excluding hydrogens is 252 g/mol. The molecule has 0 heterocycles. The minimum atomic E-state index is -0.922. The number of hydrogen-bond donors (Lipinski definition) is 1. The molecule has 1 aromatic carbocycles. The molecule has 4 nitrogen and oxygen atoms in total. The largest absolute Gasteiger partial charge is 0.478 e. The Morgan fingerprint density at radius 1 is 1.39 bits per heavy atom. The van der Waals surface area contributed by atoms with E-state index in [9.17, 15) is 9.59 Å². The van der Waals surface area contributed by atoms with Gasteiger partial charge in [-0.2, -0.15) is 0 Å². The molecule has 0 aliphatic carbocycles. The lowest BCUT2D eigenvalue weighted by Crippen LogP contribution is -2.02. The Labute approximate surface area is 110 Å². The number of hydrogen-bond acceptors (Lipinski definition) is 4. The van der Waals surface area contributed by atoms with Crippen LogP contribution in [0.25, 0.3) is 0 Å². The van der Waals surface area contributed by atoms with Gasteiger partial charge in [0.2, 0.25) is 0 Å². The summed E-state index contributed by atoms with van der Waals surface area (Å²) in [5.74, 6) is -0.465. The summed E-state index contributed by atoms with van der Waals surface area (Å²) in [4.78, 5) is 22.8. The van der Waals surface area contributed by atoms with E-state index < -0.39 is 5.97 Å². The van der Waals surface area contributed by atoms with Gasteiger partial charge in [-0.05, 0) is 30.7 Å². The molecule has 0 saturated heterocycles. The summed E-state index contributed by atoms with van der Waals surface area (Å²) in [6.07, 6.45) is 1.03. The summed E-state index contributed by atoms with van der Waals surface area (Å²) in [6, 6.07) is 5.21. The van der Waals surface area contributed by atoms with E-state index in [1.165, 1.54) is 18.9 Å². The van der Waals surface area contributed by atoms with Gasteiger partial charge >= 0.3 is 11.9 Å². The molecule has 0 radical (unpaired) electrons. The Morgan fingerprint density at radius 2 is 2.11 bits per heavy atom. The van der Waals surface area contributed by atoms with E-state index in [2.05, 4.69) is 4.74 Å². The minimum absolute atomic E-state index is 0.237. The first-order chi connectivity index (χ1) is 8.56. The molecule has 0 saturated carbocycles. The summed E-state index contributed by atoms with van der Waals surface area (Å²) in [5, 5.41) is 9.09. The van der Waals surface area contributed by atoms with E-state index in [1.54, 1.807) is 12.1 Å². The molecule has 0 aliphatic rings. The van der Waals surface area contributed by atoms with Gasteiger partial charge in [0.1, 0.15) is 0 Å². The van der Waals surface area contributed by atoms with Crippen LogP contribution < -0.4 is 0 Å². The predicted molar refractivity (Wildman–Crippen MR) is 70.1 cm³/mol. The fraction of sp³-hybridized carbons (Fsp3) is 0.385. The van der Waals surface area contributed by atoms with Crippen molar-refractivity contribution in [2.24, 2.45) is 0 Å². The second-order valence-electron chi connectivity index (χ2n) is 3.78. The molecule has 0 amide bonds. The minimum Gasteiger partial charge on any atom is -0.478 e. The van der Waals surface area contributed by atoms with Gasteiger partial charge in [-0.1, -0.05) is 12.1 Å². The zero-order valence-corrected chi connectivity index (χ0v) is 11.3. The van der Waals surface area contributed by atoms with E-state index in [-0.39, 0.29) is 5.97 Å². The Hall–Kier alpha value is -1.49. The van der Waals surface area contributed by atoms with Gasteiger partial charge in [0.15, 0.2) is 0 Å². The van der Waals surface area contributed by atoms with Crippen LogP contribution in [0.5, 0.6) is 0 Å². The van der Waals surface area contributed by atoms with Crippen LogP contribution in [0, 0.1) is 6.92 Å². The summed E-state index contributed by atoms with van der Waals surface area (Å²) in [6.45, 7) is 1.88. The lowest BCUT2D eigenvalue weighted by molar-refractivity contribution is -0.140. The maximum absolute atomic E-state index is 11.1. The first kappa shape index (κ1) is 14.6. The molecule has 1 aromatic rings. The van der Waals surface area contributed by atoms with Crippen molar-refractivity contribution in [2.75, 3.05) is 12.9 Å². The summed E-state index contributed by atoms with van der Waals surface area (Å²) in [7, 11) is 1.36. The second kappa shape index (κ2) is 7.06. The van der Waals surface area contributed by atoms with Gasteiger partial charge in [-0.3, -0.25) is 4.79 Å². The summed E-state index contributed by atoms with van der Waals surface area (Å²) >= 11 is 1.47. The van der Waals surface area contributed by atoms with Crippen LogP contribution in [0.3, 0.4) is 0 Å². The Kier molecular flexibility index (Phi) is 5.71. The van der Waals surface area contributed by atoms with E-state index in [4.69, 9.17) is 5.11 Å². The van der Waals surface area contributed by atoms with Crippen LogP contribution in [-0.4, -0.2) is 29.9 Å². The number of carboxylic acids is 1. The third-order valence-corrected chi connectivity index (χ3v) is 3.76. The van der Waals surface area contributed by atoms with Gasteiger partial charge in [-0.25, -0.2) is 4.79 Å². The maximum atomic E-state index is 11.1. The van der Waals surface area contributed by atoms with Crippen molar-refractivity contribution in [1.29, 1.82) is 0 Å². The third kappa shape index (κ3) is 4.07. The van der Waals surface area contributed by atoms with Gasteiger partial charge in [0.05, 0.1) is 12.7 Å². The van der Waals surface area contributed by atoms with Crippen LogP contribution >= 0.6 is 11.8 Å². The highest BCUT2D eigenvalue weighted by molar-refractivity contribution is 7.99. The molecule has 0 spiro atoms. The number of esters is 1. The SMILES string of the molecule is COC(=O)CCCSc1c(C)cccc1C(=O)O. The summed E-state index contributed by atoms with van der Waals surface area (Å²) in [5.41, 5.74) is 1.26. The molecule has 0 bridgehead atoms.